The summed E-state index contributed by atoms with van der Waals surface area (Å²) >= 11 is 0. The fraction of sp³-hybridized carbons (Fsp3) is 1.00. The van der Waals surface area contributed by atoms with Gasteiger partial charge in [-0.15, -0.1) is 0 Å². The zero-order valence-electron chi connectivity index (χ0n) is 10.3. The Labute approximate surface area is 94.1 Å². The lowest BCUT2D eigenvalue weighted by atomic mass is 10.3. The summed E-state index contributed by atoms with van der Waals surface area (Å²) in [5, 5.41) is 0. The first-order chi connectivity index (χ1) is 7.41. The first-order valence-corrected chi connectivity index (χ1v) is 6.06. The summed E-state index contributed by atoms with van der Waals surface area (Å²) in [6.45, 7) is 6.41. The molecule has 0 N–H and O–H groups in total. The highest BCUT2D eigenvalue weighted by Gasteiger charge is 1.91. The van der Waals surface area contributed by atoms with Crippen molar-refractivity contribution in [1.29, 1.82) is 0 Å². The summed E-state index contributed by atoms with van der Waals surface area (Å²) in [4.78, 5) is 0. The lowest BCUT2D eigenvalue weighted by molar-refractivity contribution is 0.0873. The Morgan fingerprint density at radius 2 is 1.20 bits per heavy atom. The Kier molecular flexibility index (Phi) is 13.8. The van der Waals surface area contributed by atoms with E-state index in [1.807, 2.05) is 0 Å². The van der Waals surface area contributed by atoms with Crippen molar-refractivity contribution in [3.8, 4) is 0 Å². The third-order valence-corrected chi connectivity index (χ3v) is 2.11. The maximum atomic E-state index is 5.44. The molecule has 0 spiro atoms. The van der Waals surface area contributed by atoms with Crippen LogP contribution in [0.4, 0.5) is 0 Å². The Balaban J connectivity index is 2.81. The van der Waals surface area contributed by atoms with Gasteiger partial charge in [0, 0.05) is 40.1 Å². The van der Waals surface area contributed by atoms with Crippen LogP contribution < -0.4 is 0 Å². The average Bonchev–Trinajstić information content (AvgIpc) is 2.26. The van der Waals surface area contributed by atoms with Gasteiger partial charge in [-0.2, -0.15) is 0 Å². The summed E-state index contributed by atoms with van der Waals surface area (Å²) in [5.41, 5.74) is 0. The van der Waals surface area contributed by atoms with Gasteiger partial charge in [-0.05, 0) is 25.7 Å². The van der Waals surface area contributed by atoms with E-state index in [4.69, 9.17) is 14.2 Å². The van der Waals surface area contributed by atoms with Gasteiger partial charge in [0.2, 0.25) is 0 Å². The standard InChI is InChI=1S/C12H26O3/c1-3-4-9-14-10-5-6-11-15-12-7-8-13-2/h3-12H2,1-2H3. The molecule has 0 rings (SSSR count). The highest BCUT2D eigenvalue weighted by Crippen LogP contribution is 1.94. The van der Waals surface area contributed by atoms with E-state index in [0.29, 0.717) is 0 Å². The Morgan fingerprint density at radius 3 is 1.73 bits per heavy atom. The molecular formula is C12H26O3. The van der Waals surface area contributed by atoms with Crippen LogP contribution in [-0.2, 0) is 14.2 Å². The van der Waals surface area contributed by atoms with Gasteiger partial charge in [-0.3, -0.25) is 0 Å². The minimum absolute atomic E-state index is 0.792. The molecule has 3 nitrogen and oxygen atoms in total. The minimum Gasteiger partial charge on any atom is -0.385 e. The van der Waals surface area contributed by atoms with Gasteiger partial charge in [0.15, 0.2) is 0 Å². The van der Waals surface area contributed by atoms with Crippen LogP contribution in [-0.4, -0.2) is 40.1 Å². The maximum absolute atomic E-state index is 5.44. The second-order valence-electron chi connectivity index (χ2n) is 3.63. The zero-order valence-corrected chi connectivity index (χ0v) is 10.3. The largest absolute Gasteiger partial charge is 0.385 e. The van der Waals surface area contributed by atoms with Crippen molar-refractivity contribution in [2.45, 2.75) is 39.0 Å². The molecule has 0 aromatic carbocycles. The highest BCUT2D eigenvalue weighted by molar-refractivity contribution is 4.40. The van der Waals surface area contributed by atoms with Gasteiger partial charge >= 0.3 is 0 Å². The van der Waals surface area contributed by atoms with E-state index in [1.165, 1.54) is 12.8 Å². The summed E-state index contributed by atoms with van der Waals surface area (Å²) in [6, 6.07) is 0. The normalized spacial score (nSPS) is 10.8. The van der Waals surface area contributed by atoms with Gasteiger partial charge in [0.1, 0.15) is 0 Å². The lowest BCUT2D eigenvalue weighted by Crippen LogP contribution is -2.02. The smallest absolute Gasteiger partial charge is 0.0487 e. The lowest BCUT2D eigenvalue weighted by Gasteiger charge is -2.04. The molecule has 0 bridgehead atoms. The molecule has 3 heteroatoms. The van der Waals surface area contributed by atoms with Gasteiger partial charge in [-0.25, -0.2) is 0 Å². The first kappa shape index (κ1) is 14.9. The molecule has 0 aromatic heterocycles. The second kappa shape index (κ2) is 13.9. The molecule has 0 atom stereocenters. The fourth-order valence-corrected chi connectivity index (χ4v) is 1.16. The van der Waals surface area contributed by atoms with Crippen LogP contribution in [0.2, 0.25) is 0 Å². The Bertz CT molecular complexity index is 95.0. The SMILES string of the molecule is CCCCOCCCCOCCCOC. The van der Waals surface area contributed by atoms with Gasteiger partial charge < -0.3 is 14.2 Å². The molecule has 0 amide bonds. The quantitative estimate of drug-likeness (QED) is 0.471. The molecule has 0 unspecified atom stereocenters. The van der Waals surface area contributed by atoms with E-state index in [-0.39, 0.29) is 0 Å². The van der Waals surface area contributed by atoms with Crippen LogP contribution in [0.3, 0.4) is 0 Å². The van der Waals surface area contributed by atoms with Crippen LogP contribution in [0, 0.1) is 0 Å². The van der Waals surface area contributed by atoms with E-state index in [9.17, 15) is 0 Å². The van der Waals surface area contributed by atoms with E-state index in [2.05, 4.69) is 6.92 Å². The van der Waals surface area contributed by atoms with E-state index >= 15 is 0 Å². The van der Waals surface area contributed by atoms with Crippen LogP contribution in [0.15, 0.2) is 0 Å². The second-order valence-corrected chi connectivity index (χ2v) is 3.63. The summed E-state index contributed by atoms with van der Waals surface area (Å²) in [6.07, 6.45) is 5.58. The molecule has 0 radical (unpaired) electrons. The van der Waals surface area contributed by atoms with Crippen LogP contribution in [0.25, 0.3) is 0 Å². The van der Waals surface area contributed by atoms with Gasteiger partial charge in [0.05, 0.1) is 0 Å². The van der Waals surface area contributed by atoms with Crippen molar-refractivity contribution in [3.05, 3.63) is 0 Å². The van der Waals surface area contributed by atoms with Gasteiger partial charge in [-0.1, -0.05) is 13.3 Å². The third kappa shape index (κ3) is 13.9. The monoisotopic (exact) mass is 218 g/mol. The van der Waals surface area contributed by atoms with E-state index < -0.39 is 0 Å². The van der Waals surface area contributed by atoms with Gasteiger partial charge in [0.25, 0.3) is 0 Å². The Hall–Kier alpha value is -0.120. The number of hydrogen-bond acceptors (Lipinski definition) is 3. The molecule has 0 fully saturated rings. The molecule has 0 aliphatic carbocycles. The molecule has 0 aromatic rings. The third-order valence-electron chi connectivity index (χ3n) is 2.11. The summed E-state index contributed by atoms with van der Waals surface area (Å²) in [7, 11) is 1.72. The number of methoxy groups -OCH3 is 1. The fourth-order valence-electron chi connectivity index (χ4n) is 1.16. The van der Waals surface area contributed by atoms with Crippen LogP contribution >= 0.6 is 0 Å². The molecule has 0 aliphatic heterocycles. The van der Waals surface area contributed by atoms with Crippen molar-refractivity contribution < 1.29 is 14.2 Å². The topological polar surface area (TPSA) is 27.7 Å². The highest BCUT2D eigenvalue weighted by atomic mass is 16.5. The first-order valence-electron chi connectivity index (χ1n) is 6.06. The number of rotatable bonds is 12. The van der Waals surface area contributed by atoms with Crippen molar-refractivity contribution in [2.24, 2.45) is 0 Å². The molecule has 0 aliphatic rings. The molecule has 15 heavy (non-hydrogen) atoms. The molecule has 0 heterocycles. The minimum atomic E-state index is 0.792. The van der Waals surface area contributed by atoms with Crippen LogP contribution in [0.1, 0.15) is 39.0 Å². The zero-order chi connectivity index (χ0) is 11.2. The number of hydrogen-bond donors (Lipinski definition) is 0. The number of unbranched alkanes of at least 4 members (excludes halogenated alkanes) is 2. The molecular weight excluding hydrogens is 192 g/mol. The van der Waals surface area contributed by atoms with Crippen molar-refractivity contribution in [2.75, 3.05) is 40.1 Å². The van der Waals surface area contributed by atoms with Crippen molar-refractivity contribution in [1.82, 2.24) is 0 Å². The summed E-state index contributed by atoms with van der Waals surface area (Å²) in [5.74, 6) is 0. The maximum Gasteiger partial charge on any atom is 0.0487 e. The van der Waals surface area contributed by atoms with E-state index in [1.54, 1.807) is 7.11 Å². The van der Waals surface area contributed by atoms with E-state index in [0.717, 1.165) is 52.3 Å². The van der Waals surface area contributed by atoms with Crippen molar-refractivity contribution in [3.63, 3.8) is 0 Å². The Morgan fingerprint density at radius 1 is 0.667 bits per heavy atom. The van der Waals surface area contributed by atoms with Crippen molar-refractivity contribution >= 4 is 0 Å². The average molecular weight is 218 g/mol. The predicted octanol–water partition coefficient (Wildman–Crippen LogP) is 2.64. The van der Waals surface area contributed by atoms with Crippen LogP contribution in [0.5, 0.6) is 0 Å². The molecule has 0 saturated heterocycles. The summed E-state index contributed by atoms with van der Waals surface area (Å²) < 4.78 is 15.8. The number of ether oxygens (including phenoxy) is 3. The molecule has 92 valence electrons. The predicted molar refractivity (Wildman–Crippen MR) is 62.3 cm³/mol. The molecule has 0 saturated carbocycles.